The summed E-state index contributed by atoms with van der Waals surface area (Å²) in [6.07, 6.45) is 11.6. The van der Waals surface area contributed by atoms with Gasteiger partial charge in [-0.25, -0.2) is 4.98 Å². The maximum atomic E-state index is 12.1. The Morgan fingerprint density at radius 2 is 2.14 bits per heavy atom. The van der Waals surface area contributed by atoms with Crippen LogP contribution in [0, 0.1) is 23.7 Å². The molecule has 114 valence electrons. The molecule has 0 spiro atoms. The minimum absolute atomic E-state index is 0.224. The zero-order valence-electron chi connectivity index (χ0n) is 12.4. The summed E-state index contributed by atoms with van der Waals surface area (Å²) in [5.74, 6) is 3.83. The van der Waals surface area contributed by atoms with Gasteiger partial charge in [-0.15, -0.1) is 0 Å². The quantitative estimate of drug-likeness (QED) is 0.901. The fourth-order valence-corrected chi connectivity index (χ4v) is 5.26. The Bertz CT molecular complexity index is 500. The molecule has 3 aliphatic rings. The topological polar surface area (TPSA) is 59.8 Å². The molecule has 0 unspecified atom stereocenters. The molecule has 3 aliphatic carbocycles. The van der Waals surface area contributed by atoms with Gasteiger partial charge in [0, 0.05) is 19.0 Å². The predicted octanol–water partition coefficient (Wildman–Crippen LogP) is 2.00. The van der Waals surface area contributed by atoms with Crippen LogP contribution in [0.2, 0.25) is 0 Å². The summed E-state index contributed by atoms with van der Waals surface area (Å²) in [5.41, 5.74) is 0. The van der Waals surface area contributed by atoms with E-state index in [-0.39, 0.29) is 5.91 Å². The van der Waals surface area contributed by atoms with Gasteiger partial charge >= 0.3 is 0 Å². The summed E-state index contributed by atoms with van der Waals surface area (Å²) in [4.78, 5) is 16.1. The summed E-state index contributed by atoms with van der Waals surface area (Å²) in [5, 5.41) is 7.38. The van der Waals surface area contributed by atoms with Crippen molar-refractivity contribution in [3.63, 3.8) is 0 Å². The summed E-state index contributed by atoms with van der Waals surface area (Å²) >= 11 is 0. The summed E-state index contributed by atoms with van der Waals surface area (Å²) in [7, 11) is 0. The van der Waals surface area contributed by atoms with Crippen molar-refractivity contribution in [3.05, 3.63) is 12.7 Å². The number of fused-ring (bicyclic) bond motifs is 5. The van der Waals surface area contributed by atoms with Gasteiger partial charge in [0.2, 0.25) is 5.91 Å². The van der Waals surface area contributed by atoms with Crippen LogP contribution in [0.1, 0.15) is 44.9 Å². The molecule has 4 rings (SSSR count). The van der Waals surface area contributed by atoms with Crippen molar-refractivity contribution in [1.29, 1.82) is 0 Å². The number of aryl methyl sites for hydroxylation is 1. The molecule has 1 N–H and O–H groups in total. The minimum atomic E-state index is 0.224. The minimum Gasteiger partial charge on any atom is -0.353 e. The first-order chi connectivity index (χ1) is 10.3. The van der Waals surface area contributed by atoms with Crippen molar-refractivity contribution < 1.29 is 4.79 Å². The standard InChI is InChI=1S/C16H24N4O/c21-16(5-2-6-20-10-17-9-18-20)19-15-8-11-7-14(15)13-4-1-3-12(11)13/h9-15H,1-8H2,(H,19,21)/t11-,12-,13-,14+,15-/m1/s1. The molecule has 5 nitrogen and oxygen atoms in total. The van der Waals surface area contributed by atoms with Crippen molar-refractivity contribution in [2.24, 2.45) is 23.7 Å². The van der Waals surface area contributed by atoms with Crippen LogP contribution in [-0.2, 0) is 11.3 Å². The summed E-state index contributed by atoms with van der Waals surface area (Å²) < 4.78 is 1.79. The summed E-state index contributed by atoms with van der Waals surface area (Å²) in [6, 6.07) is 0.466. The third kappa shape index (κ3) is 2.47. The number of aromatic nitrogens is 3. The Kier molecular flexibility index (Phi) is 3.43. The fraction of sp³-hybridized carbons (Fsp3) is 0.812. The van der Waals surface area contributed by atoms with Crippen LogP contribution in [-0.4, -0.2) is 26.7 Å². The molecule has 3 fully saturated rings. The van der Waals surface area contributed by atoms with Crippen LogP contribution in [0.3, 0.4) is 0 Å². The molecular weight excluding hydrogens is 264 g/mol. The number of nitrogens with zero attached hydrogens (tertiary/aromatic N) is 3. The number of nitrogens with one attached hydrogen (secondary N) is 1. The molecule has 0 radical (unpaired) electrons. The highest BCUT2D eigenvalue weighted by Crippen LogP contribution is 2.58. The van der Waals surface area contributed by atoms with Gasteiger partial charge in [0.25, 0.3) is 0 Å². The highest BCUT2D eigenvalue weighted by molar-refractivity contribution is 5.76. The number of hydrogen-bond donors (Lipinski definition) is 1. The Balaban J connectivity index is 1.24. The maximum Gasteiger partial charge on any atom is 0.220 e. The van der Waals surface area contributed by atoms with E-state index in [9.17, 15) is 4.79 Å². The zero-order chi connectivity index (χ0) is 14.2. The van der Waals surface area contributed by atoms with E-state index >= 15 is 0 Å². The second kappa shape index (κ2) is 5.43. The Hall–Kier alpha value is -1.39. The Morgan fingerprint density at radius 1 is 1.24 bits per heavy atom. The molecule has 1 aromatic rings. The van der Waals surface area contributed by atoms with E-state index in [1.807, 2.05) is 0 Å². The first kappa shape index (κ1) is 13.3. The largest absolute Gasteiger partial charge is 0.353 e. The van der Waals surface area contributed by atoms with Gasteiger partial charge < -0.3 is 5.32 Å². The predicted molar refractivity (Wildman–Crippen MR) is 78.2 cm³/mol. The van der Waals surface area contributed by atoms with E-state index in [1.165, 1.54) is 38.4 Å². The van der Waals surface area contributed by atoms with Crippen molar-refractivity contribution in [3.8, 4) is 0 Å². The molecule has 1 heterocycles. The van der Waals surface area contributed by atoms with Crippen LogP contribution >= 0.6 is 0 Å². The van der Waals surface area contributed by atoms with E-state index in [0.717, 1.165) is 36.6 Å². The smallest absolute Gasteiger partial charge is 0.220 e. The third-order valence-corrected chi connectivity index (χ3v) is 6.03. The zero-order valence-corrected chi connectivity index (χ0v) is 12.4. The van der Waals surface area contributed by atoms with E-state index in [2.05, 4.69) is 15.4 Å². The molecule has 5 atom stereocenters. The van der Waals surface area contributed by atoms with Gasteiger partial charge in [-0.1, -0.05) is 6.42 Å². The lowest BCUT2D eigenvalue weighted by molar-refractivity contribution is -0.122. The van der Waals surface area contributed by atoms with Crippen LogP contribution < -0.4 is 5.32 Å². The van der Waals surface area contributed by atoms with Crippen LogP contribution in [0.15, 0.2) is 12.7 Å². The van der Waals surface area contributed by atoms with Gasteiger partial charge in [0.05, 0.1) is 0 Å². The van der Waals surface area contributed by atoms with Crippen LogP contribution in [0.25, 0.3) is 0 Å². The molecule has 5 heteroatoms. The molecule has 3 saturated carbocycles. The SMILES string of the molecule is O=C(CCCn1cncn1)N[C@@H]1C[C@H]2C[C@H]1[C@@H]1CCC[C@H]21. The molecule has 1 amide bonds. The lowest BCUT2D eigenvalue weighted by Crippen LogP contribution is -2.42. The van der Waals surface area contributed by atoms with E-state index < -0.39 is 0 Å². The van der Waals surface area contributed by atoms with Gasteiger partial charge in [-0.2, -0.15) is 5.10 Å². The second-order valence-corrected chi connectivity index (χ2v) is 7.09. The highest BCUT2D eigenvalue weighted by Gasteiger charge is 2.53. The van der Waals surface area contributed by atoms with E-state index in [0.29, 0.717) is 12.5 Å². The van der Waals surface area contributed by atoms with E-state index in [4.69, 9.17) is 0 Å². The molecule has 0 saturated heterocycles. The number of hydrogen-bond acceptors (Lipinski definition) is 3. The molecule has 0 aromatic carbocycles. The Morgan fingerprint density at radius 3 is 3.00 bits per heavy atom. The third-order valence-electron chi connectivity index (χ3n) is 6.03. The van der Waals surface area contributed by atoms with Gasteiger partial charge in [0.1, 0.15) is 12.7 Å². The highest BCUT2D eigenvalue weighted by atomic mass is 16.1. The average molecular weight is 288 g/mol. The second-order valence-electron chi connectivity index (χ2n) is 7.09. The first-order valence-electron chi connectivity index (χ1n) is 8.43. The molecule has 0 aliphatic heterocycles. The average Bonchev–Trinajstić information content (AvgIpc) is 3.21. The van der Waals surface area contributed by atoms with Crippen molar-refractivity contribution in [2.75, 3.05) is 0 Å². The first-order valence-corrected chi connectivity index (χ1v) is 8.43. The number of amides is 1. The van der Waals surface area contributed by atoms with Crippen LogP contribution in [0.4, 0.5) is 0 Å². The molecule has 21 heavy (non-hydrogen) atoms. The maximum absolute atomic E-state index is 12.1. The number of carbonyl (C=O) groups excluding carboxylic acids is 1. The lowest BCUT2D eigenvalue weighted by Gasteiger charge is -2.32. The lowest BCUT2D eigenvalue weighted by atomic mass is 9.79. The van der Waals surface area contributed by atoms with Gasteiger partial charge in [-0.3, -0.25) is 9.48 Å². The summed E-state index contributed by atoms with van der Waals surface area (Å²) in [6.45, 7) is 0.773. The van der Waals surface area contributed by atoms with Gasteiger partial charge in [0.15, 0.2) is 0 Å². The molecule has 1 aromatic heterocycles. The number of carbonyl (C=O) groups is 1. The fourth-order valence-electron chi connectivity index (χ4n) is 5.26. The van der Waals surface area contributed by atoms with Crippen molar-refractivity contribution >= 4 is 5.91 Å². The van der Waals surface area contributed by atoms with Crippen LogP contribution in [0.5, 0.6) is 0 Å². The monoisotopic (exact) mass is 288 g/mol. The van der Waals surface area contributed by atoms with Gasteiger partial charge in [-0.05, 0) is 55.8 Å². The molecule has 2 bridgehead atoms. The normalized spacial score (nSPS) is 36.9. The number of rotatable bonds is 5. The van der Waals surface area contributed by atoms with Crippen molar-refractivity contribution in [1.82, 2.24) is 20.1 Å². The molecular formula is C16H24N4O. The van der Waals surface area contributed by atoms with E-state index in [1.54, 1.807) is 11.0 Å². The van der Waals surface area contributed by atoms with Crippen molar-refractivity contribution in [2.45, 2.75) is 57.5 Å². The Labute approximate surface area is 125 Å².